The predicted molar refractivity (Wildman–Crippen MR) is 108 cm³/mol. The summed E-state index contributed by atoms with van der Waals surface area (Å²) >= 11 is 0. The molecular weight excluding hydrogens is 350 g/mol. The summed E-state index contributed by atoms with van der Waals surface area (Å²) in [4.78, 5) is 17.2. The van der Waals surface area contributed by atoms with Gasteiger partial charge in [0.15, 0.2) is 0 Å². The molecule has 2 aliphatic rings. The minimum absolute atomic E-state index is 0.0182. The maximum absolute atomic E-state index is 13.3. The zero-order valence-electron chi connectivity index (χ0n) is 16.8. The summed E-state index contributed by atoms with van der Waals surface area (Å²) in [6, 6.07) is 13.6. The van der Waals surface area contributed by atoms with E-state index in [1.165, 1.54) is 0 Å². The molecule has 0 saturated heterocycles. The van der Waals surface area contributed by atoms with Crippen LogP contribution in [0.1, 0.15) is 46.5 Å². The third-order valence-electron chi connectivity index (χ3n) is 5.48. The quantitative estimate of drug-likeness (QED) is 0.800. The Morgan fingerprint density at radius 3 is 2.54 bits per heavy atom. The van der Waals surface area contributed by atoms with Gasteiger partial charge >= 0.3 is 0 Å². The molecule has 0 spiro atoms. The molecule has 0 radical (unpaired) electrons. The van der Waals surface area contributed by atoms with Crippen molar-refractivity contribution in [1.82, 2.24) is 9.80 Å². The maximum Gasteiger partial charge on any atom is 0.259 e. The van der Waals surface area contributed by atoms with Crippen LogP contribution in [0.25, 0.3) is 5.70 Å². The van der Waals surface area contributed by atoms with Crippen molar-refractivity contribution in [3.63, 3.8) is 0 Å². The predicted octanol–water partition coefficient (Wildman–Crippen LogP) is 3.92. The maximum atomic E-state index is 13.3. The van der Waals surface area contributed by atoms with Gasteiger partial charge in [-0.1, -0.05) is 18.2 Å². The van der Waals surface area contributed by atoms with Crippen LogP contribution in [0.15, 0.2) is 42.1 Å². The van der Waals surface area contributed by atoms with E-state index in [4.69, 9.17) is 4.74 Å². The van der Waals surface area contributed by atoms with Gasteiger partial charge in [0.1, 0.15) is 11.4 Å². The topological polar surface area (TPSA) is 56.6 Å². The van der Waals surface area contributed by atoms with E-state index >= 15 is 0 Å². The highest BCUT2D eigenvalue weighted by atomic mass is 16.5. The fraction of sp³-hybridized carbons (Fsp3) is 0.304. The SMILES string of the molecule is Cc1c(C#N)ccc2c1C(N1Cc3ccccc3C1=O)=C(N(C)C)C(C)(C)O2. The Hall–Kier alpha value is -3.26. The Morgan fingerprint density at radius 1 is 1.18 bits per heavy atom. The standard InChI is InChI=1S/C23H23N3O2/c1-14-15(12-24)10-11-18-19(14)20(21(25(4)5)23(2,3)28-18)26-13-16-8-6-7-9-17(16)22(26)27/h6-11H,13H2,1-5H3. The van der Waals surface area contributed by atoms with E-state index in [0.717, 1.165) is 33.6 Å². The third-order valence-corrected chi connectivity index (χ3v) is 5.48. The number of amides is 1. The van der Waals surface area contributed by atoms with Gasteiger partial charge in [-0.05, 0) is 50.1 Å². The lowest BCUT2D eigenvalue weighted by Gasteiger charge is -2.42. The molecule has 0 N–H and O–H groups in total. The van der Waals surface area contributed by atoms with Crippen LogP contribution in [0.5, 0.6) is 5.75 Å². The number of fused-ring (bicyclic) bond motifs is 2. The van der Waals surface area contributed by atoms with Gasteiger partial charge in [-0.25, -0.2) is 0 Å². The van der Waals surface area contributed by atoms with E-state index in [1.54, 1.807) is 6.07 Å². The van der Waals surface area contributed by atoms with Crippen molar-refractivity contribution in [2.45, 2.75) is 32.9 Å². The molecule has 2 heterocycles. The molecule has 0 aliphatic carbocycles. The van der Waals surface area contributed by atoms with Crippen molar-refractivity contribution in [1.29, 1.82) is 5.26 Å². The molecule has 0 saturated carbocycles. The molecule has 2 aliphatic heterocycles. The van der Waals surface area contributed by atoms with Crippen molar-refractivity contribution in [3.8, 4) is 11.8 Å². The number of carbonyl (C=O) groups excluding carboxylic acids is 1. The Bertz CT molecular complexity index is 1070. The zero-order chi connectivity index (χ0) is 20.2. The molecule has 2 aromatic carbocycles. The monoisotopic (exact) mass is 373 g/mol. The molecule has 5 heteroatoms. The van der Waals surface area contributed by atoms with Gasteiger partial charge in [0.25, 0.3) is 5.91 Å². The summed E-state index contributed by atoms with van der Waals surface area (Å²) in [7, 11) is 3.92. The summed E-state index contributed by atoms with van der Waals surface area (Å²) < 4.78 is 6.33. The van der Waals surface area contributed by atoms with Gasteiger partial charge in [-0.2, -0.15) is 5.26 Å². The fourth-order valence-electron chi connectivity index (χ4n) is 4.36. The normalized spacial score (nSPS) is 17.0. The smallest absolute Gasteiger partial charge is 0.259 e. The minimum atomic E-state index is -0.624. The number of hydrogen-bond acceptors (Lipinski definition) is 4. The summed E-state index contributed by atoms with van der Waals surface area (Å²) in [5.41, 5.74) is 5.10. The largest absolute Gasteiger partial charge is 0.481 e. The molecule has 0 fully saturated rings. The summed E-state index contributed by atoms with van der Waals surface area (Å²) in [5, 5.41) is 9.55. The number of benzene rings is 2. The molecule has 0 aromatic heterocycles. The molecule has 1 amide bonds. The molecule has 0 atom stereocenters. The average Bonchev–Trinajstić information content (AvgIpc) is 2.97. The molecule has 142 valence electrons. The lowest BCUT2D eigenvalue weighted by atomic mass is 9.89. The Morgan fingerprint density at radius 2 is 1.89 bits per heavy atom. The second-order valence-electron chi connectivity index (χ2n) is 7.98. The highest BCUT2D eigenvalue weighted by molar-refractivity contribution is 6.04. The van der Waals surface area contributed by atoms with E-state index in [9.17, 15) is 10.1 Å². The second-order valence-corrected chi connectivity index (χ2v) is 7.98. The van der Waals surface area contributed by atoms with Crippen LogP contribution in [0.4, 0.5) is 0 Å². The van der Waals surface area contributed by atoms with Crippen LogP contribution in [0, 0.1) is 18.3 Å². The van der Waals surface area contributed by atoms with Crippen LogP contribution in [-0.2, 0) is 6.54 Å². The summed E-state index contributed by atoms with van der Waals surface area (Å²) in [5.74, 6) is 0.682. The number of rotatable bonds is 2. The zero-order valence-corrected chi connectivity index (χ0v) is 16.8. The van der Waals surface area contributed by atoms with Gasteiger partial charge in [0.05, 0.1) is 29.6 Å². The van der Waals surface area contributed by atoms with Crippen molar-refractivity contribution >= 4 is 11.6 Å². The van der Waals surface area contributed by atoms with Crippen LogP contribution >= 0.6 is 0 Å². The van der Waals surface area contributed by atoms with Gasteiger partial charge in [-0.3, -0.25) is 4.79 Å². The lowest BCUT2D eigenvalue weighted by Crippen LogP contribution is -2.44. The van der Waals surface area contributed by atoms with Gasteiger partial charge in [0, 0.05) is 25.2 Å². The summed E-state index contributed by atoms with van der Waals surface area (Å²) in [6.45, 7) is 6.44. The first kappa shape index (κ1) is 18.1. The van der Waals surface area contributed by atoms with Crippen LogP contribution < -0.4 is 4.74 Å². The first-order valence-corrected chi connectivity index (χ1v) is 9.31. The van der Waals surface area contributed by atoms with Gasteiger partial charge in [-0.15, -0.1) is 0 Å². The van der Waals surface area contributed by atoms with E-state index < -0.39 is 5.60 Å². The summed E-state index contributed by atoms with van der Waals surface area (Å²) in [6.07, 6.45) is 0. The molecule has 28 heavy (non-hydrogen) atoms. The van der Waals surface area contributed by atoms with Crippen LogP contribution in [0.2, 0.25) is 0 Å². The van der Waals surface area contributed by atoms with E-state index in [-0.39, 0.29) is 5.91 Å². The third kappa shape index (κ3) is 2.49. The van der Waals surface area contributed by atoms with Crippen LogP contribution in [0.3, 0.4) is 0 Å². The van der Waals surface area contributed by atoms with E-state index in [1.807, 2.05) is 75.0 Å². The molecule has 0 bridgehead atoms. The number of likely N-dealkylation sites (N-methyl/N-ethyl adjacent to an activating group) is 1. The average molecular weight is 373 g/mol. The van der Waals surface area contributed by atoms with Crippen molar-refractivity contribution < 1.29 is 9.53 Å². The minimum Gasteiger partial charge on any atom is -0.481 e. The van der Waals surface area contributed by atoms with Crippen molar-refractivity contribution in [3.05, 3.63) is 69.9 Å². The lowest BCUT2D eigenvalue weighted by molar-refractivity contribution is 0.0826. The first-order chi connectivity index (χ1) is 13.3. The first-order valence-electron chi connectivity index (χ1n) is 9.31. The van der Waals surface area contributed by atoms with E-state index in [2.05, 4.69) is 6.07 Å². The van der Waals surface area contributed by atoms with Crippen molar-refractivity contribution in [2.24, 2.45) is 0 Å². The van der Waals surface area contributed by atoms with Gasteiger partial charge < -0.3 is 14.5 Å². The number of hydrogen-bond donors (Lipinski definition) is 0. The van der Waals surface area contributed by atoms with E-state index in [0.29, 0.717) is 17.9 Å². The number of nitriles is 1. The number of ether oxygens (including phenoxy) is 1. The molecule has 0 unspecified atom stereocenters. The van der Waals surface area contributed by atoms with Gasteiger partial charge in [0.2, 0.25) is 0 Å². The second kappa shape index (κ2) is 6.13. The number of carbonyl (C=O) groups is 1. The Labute approximate surface area is 165 Å². The fourth-order valence-corrected chi connectivity index (χ4v) is 4.36. The molecule has 5 nitrogen and oxygen atoms in total. The Balaban J connectivity index is 2.02. The van der Waals surface area contributed by atoms with Crippen molar-refractivity contribution in [2.75, 3.05) is 14.1 Å². The number of nitrogens with zero attached hydrogens (tertiary/aromatic N) is 3. The Kier molecular flexibility index (Phi) is 3.97. The van der Waals surface area contributed by atoms with Crippen LogP contribution in [-0.4, -0.2) is 35.4 Å². The molecule has 2 aromatic rings. The molecular formula is C23H23N3O2. The highest BCUT2D eigenvalue weighted by Gasteiger charge is 2.43. The highest BCUT2D eigenvalue weighted by Crippen LogP contribution is 2.47. The molecule has 4 rings (SSSR count).